The number of fused-ring (bicyclic) bond motifs is 1. The molecule has 3 N–H and O–H groups in total. The molecule has 96 valence electrons. The number of nitrogens with zero attached hydrogens (tertiary/aromatic N) is 1. The molecule has 0 spiro atoms. The smallest absolute Gasteiger partial charge is 0.126 e. The van der Waals surface area contributed by atoms with E-state index in [-0.39, 0.29) is 0 Å². The van der Waals surface area contributed by atoms with Gasteiger partial charge in [-0.2, -0.15) is 0 Å². The van der Waals surface area contributed by atoms with Crippen LogP contribution in [0.2, 0.25) is 0 Å². The average Bonchev–Trinajstić information content (AvgIpc) is 2.87. The maximum atomic E-state index is 6.04. The number of H-pyrrole nitrogens is 1. The van der Waals surface area contributed by atoms with Gasteiger partial charge in [-0.3, -0.25) is 0 Å². The molecule has 0 amide bonds. The zero-order valence-electron chi connectivity index (χ0n) is 11.1. The predicted octanol–water partition coefficient (Wildman–Crippen LogP) is 3.42. The first-order chi connectivity index (χ1) is 9.04. The van der Waals surface area contributed by atoms with Crippen molar-refractivity contribution in [2.75, 3.05) is 0 Å². The molecule has 19 heavy (non-hydrogen) atoms. The highest BCUT2D eigenvalue weighted by Gasteiger charge is 2.18. The van der Waals surface area contributed by atoms with Crippen molar-refractivity contribution in [2.45, 2.75) is 19.4 Å². The van der Waals surface area contributed by atoms with Gasteiger partial charge in [-0.05, 0) is 30.7 Å². The van der Waals surface area contributed by atoms with Crippen molar-refractivity contribution < 1.29 is 0 Å². The van der Waals surface area contributed by atoms with E-state index in [2.05, 4.69) is 40.3 Å². The fourth-order valence-corrected chi connectivity index (χ4v) is 2.15. The molecule has 0 bridgehead atoms. The summed E-state index contributed by atoms with van der Waals surface area (Å²) >= 11 is 0. The number of nitrogens with two attached hydrogens (primary N) is 1. The lowest BCUT2D eigenvalue weighted by Crippen LogP contribution is -2.30. The summed E-state index contributed by atoms with van der Waals surface area (Å²) in [6.07, 6.45) is 1.84. The van der Waals surface area contributed by atoms with Crippen LogP contribution >= 0.6 is 0 Å². The van der Waals surface area contributed by atoms with E-state index in [1.54, 1.807) is 0 Å². The summed E-state index contributed by atoms with van der Waals surface area (Å²) in [5.41, 5.74) is 7.72. The Kier molecular flexibility index (Phi) is 2.64. The van der Waals surface area contributed by atoms with Crippen molar-refractivity contribution in [1.29, 1.82) is 0 Å². The van der Waals surface area contributed by atoms with Gasteiger partial charge in [0.05, 0.1) is 17.4 Å². The summed E-state index contributed by atoms with van der Waals surface area (Å²) in [7, 11) is 0. The van der Waals surface area contributed by atoms with Crippen LogP contribution in [0.3, 0.4) is 0 Å². The Balaban J connectivity index is 2.07. The van der Waals surface area contributed by atoms with E-state index in [9.17, 15) is 0 Å². The summed E-state index contributed by atoms with van der Waals surface area (Å²) in [6, 6.07) is 14.7. The molecule has 3 heteroatoms. The Labute approximate surface area is 112 Å². The van der Waals surface area contributed by atoms with Gasteiger partial charge in [-0.1, -0.05) is 36.4 Å². The predicted molar refractivity (Wildman–Crippen MR) is 78.7 cm³/mol. The van der Waals surface area contributed by atoms with Crippen molar-refractivity contribution in [3.05, 3.63) is 54.5 Å². The summed E-state index contributed by atoms with van der Waals surface area (Å²) in [6.45, 7) is 3.88. The molecule has 0 saturated carbocycles. The first kappa shape index (κ1) is 11.9. The second-order valence-electron chi connectivity index (χ2n) is 5.43. The molecule has 0 aliphatic carbocycles. The lowest BCUT2D eigenvalue weighted by Gasteiger charge is -2.14. The number of hydrogen-bond donors (Lipinski definition) is 2. The maximum Gasteiger partial charge on any atom is 0.126 e. The molecule has 0 unspecified atom stereocenters. The monoisotopic (exact) mass is 251 g/mol. The summed E-state index contributed by atoms with van der Waals surface area (Å²) in [4.78, 5) is 7.66. The molecular weight excluding hydrogens is 234 g/mol. The summed E-state index contributed by atoms with van der Waals surface area (Å²) < 4.78 is 0. The van der Waals surface area contributed by atoms with E-state index in [0.29, 0.717) is 0 Å². The normalized spacial score (nSPS) is 11.9. The highest BCUT2D eigenvalue weighted by atomic mass is 15.0. The second kappa shape index (κ2) is 4.21. The van der Waals surface area contributed by atoms with Gasteiger partial charge in [0.2, 0.25) is 0 Å². The molecule has 2 aromatic carbocycles. The van der Waals surface area contributed by atoms with Crippen molar-refractivity contribution in [1.82, 2.24) is 9.97 Å². The van der Waals surface area contributed by atoms with Crippen LogP contribution < -0.4 is 5.73 Å². The highest BCUT2D eigenvalue weighted by molar-refractivity contribution is 5.86. The number of aromatic amines is 1. The van der Waals surface area contributed by atoms with Crippen LogP contribution in [0.1, 0.15) is 19.7 Å². The average molecular weight is 251 g/mol. The topological polar surface area (TPSA) is 54.7 Å². The minimum Gasteiger partial charge on any atom is -0.340 e. The quantitative estimate of drug-likeness (QED) is 0.733. The van der Waals surface area contributed by atoms with E-state index < -0.39 is 5.54 Å². The first-order valence-corrected chi connectivity index (χ1v) is 6.37. The third-order valence-electron chi connectivity index (χ3n) is 3.25. The molecule has 0 radical (unpaired) electrons. The molecule has 0 aliphatic heterocycles. The van der Waals surface area contributed by atoms with Crippen LogP contribution in [0.4, 0.5) is 0 Å². The summed E-state index contributed by atoms with van der Waals surface area (Å²) in [5, 5.41) is 2.47. The van der Waals surface area contributed by atoms with Gasteiger partial charge in [0.1, 0.15) is 5.82 Å². The second-order valence-corrected chi connectivity index (χ2v) is 5.43. The van der Waals surface area contributed by atoms with Gasteiger partial charge in [-0.25, -0.2) is 4.98 Å². The third-order valence-corrected chi connectivity index (χ3v) is 3.25. The fraction of sp³-hybridized carbons (Fsp3) is 0.188. The van der Waals surface area contributed by atoms with Crippen LogP contribution in [0.15, 0.2) is 48.7 Å². The zero-order chi connectivity index (χ0) is 13.5. The standard InChI is InChI=1S/C16H17N3/c1-16(2,17)15-18-10-14(19-15)13-8-7-11-5-3-4-6-12(11)9-13/h3-10H,17H2,1-2H3,(H,18,19). The van der Waals surface area contributed by atoms with Gasteiger partial charge in [-0.15, -0.1) is 0 Å². The number of benzene rings is 2. The highest BCUT2D eigenvalue weighted by Crippen LogP contribution is 2.24. The van der Waals surface area contributed by atoms with Gasteiger partial charge in [0.15, 0.2) is 0 Å². The van der Waals surface area contributed by atoms with Crippen LogP contribution in [-0.4, -0.2) is 9.97 Å². The third kappa shape index (κ3) is 2.25. The van der Waals surface area contributed by atoms with Gasteiger partial charge >= 0.3 is 0 Å². The minimum atomic E-state index is -0.449. The van der Waals surface area contributed by atoms with Gasteiger partial charge in [0.25, 0.3) is 0 Å². The Bertz CT molecular complexity index is 720. The number of nitrogens with one attached hydrogen (secondary N) is 1. The van der Waals surface area contributed by atoms with Gasteiger partial charge in [0, 0.05) is 5.56 Å². The Morgan fingerprint density at radius 3 is 2.47 bits per heavy atom. The lowest BCUT2D eigenvalue weighted by atomic mass is 10.1. The number of hydrogen-bond acceptors (Lipinski definition) is 2. The molecule has 0 fully saturated rings. The molecule has 3 rings (SSSR count). The molecule has 3 aromatic rings. The van der Waals surface area contributed by atoms with Crippen molar-refractivity contribution in [2.24, 2.45) is 5.73 Å². The Morgan fingerprint density at radius 1 is 1.05 bits per heavy atom. The van der Waals surface area contributed by atoms with Crippen LogP contribution in [0.5, 0.6) is 0 Å². The molecule has 1 heterocycles. The molecule has 1 aromatic heterocycles. The minimum absolute atomic E-state index is 0.449. The number of imidazole rings is 1. The van der Waals surface area contributed by atoms with Crippen molar-refractivity contribution in [3.8, 4) is 11.3 Å². The summed E-state index contributed by atoms with van der Waals surface area (Å²) in [5.74, 6) is 0.802. The maximum absolute atomic E-state index is 6.04. The zero-order valence-corrected chi connectivity index (χ0v) is 11.1. The molecule has 0 atom stereocenters. The SMILES string of the molecule is CC(C)(N)c1ncc(-c2ccc3ccccc3c2)[nH]1. The fourth-order valence-electron chi connectivity index (χ4n) is 2.15. The van der Waals surface area contributed by atoms with E-state index in [4.69, 9.17) is 5.73 Å². The molecule has 0 saturated heterocycles. The van der Waals surface area contributed by atoms with Crippen molar-refractivity contribution >= 4 is 10.8 Å². The molecular formula is C16H17N3. The van der Waals surface area contributed by atoms with Crippen molar-refractivity contribution in [3.63, 3.8) is 0 Å². The van der Waals surface area contributed by atoms with Crippen LogP contribution in [0, 0.1) is 0 Å². The Morgan fingerprint density at radius 2 is 1.79 bits per heavy atom. The first-order valence-electron chi connectivity index (χ1n) is 6.37. The number of aromatic nitrogens is 2. The number of rotatable bonds is 2. The van der Waals surface area contributed by atoms with Crippen LogP contribution in [-0.2, 0) is 5.54 Å². The lowest BCUT2D eigenvalue weighted by molar-refractivity contribution is 0.520. The van der Waals surface area contributed by atoms with E-state index in [0.717, 1.165) is 17.1 Å². The van der Waals surface area contributed by atoms with E-state index >= 15 is 0 Å². The van der Waals surface area contributed by atoms with E-state index in [1.807, 2.05) is 32.2 Å². The van der Waals surface area contributed by atoms with Gasteiger partial charge < -0.3 is 10.7 Å². The molecule has 0 aliphatic rings. The van der Waals surface area contributed by atoms with E-state index in [1.165, 1.54) is 10.8 Å². The largest absolute Gasteiger partial charge is 0.340 e. The Hall–Kier alpha value is -2.13. The molecule has 3 nitrogen and oxygen atoms in total. The van der Waals surface area contributed by atoms with Crippen LogP contribution in [0.25, 0.3) is 22.0 Å².